The number of para-hydroxylation sites is 1. The zero-order valence-electron chi connectivity index (χ0n) is 20.2. The molecule has 0 atom stereocenters. The van der Waals surface area contributed by atoms with Crippen LogP contribution < -0.4 is 4.74 Å². The molecule has 0 N–H and O–H groups in total. The maximum Gasteiger partial charge on any atom is 0.147 e. The molecule has 0 aliphatic heterocycles. The van der Waals surface area contributed by atoms with Crippen molar-refractivity contribution in [1.82, 2.24) is 19.3 Å². The lowest BCUT2D eigenvalue weighted by Crippen LogP contribution is -1.97. The van der Waals surface area contributed by atoms with Crippen LogP contribution in [-0.2, 0) is 0 Å². The summed E-state index contributed by atoms with van der Waals surface area (Å²) in [5, 5.41) is 9.61. The molecule has 0 bridgehead atoms. The molecule has 4 aromatic carbocycles. The predicted molar refractivity (Wildman–Crippen MR) is 155 cm³/mol. The maximum atomic E-state index is 6.39. The summed E-state index contributed by atoms with van der Waals surface area (Å²) in [7, 11) is 0. The molecule has 4 aromatic heterocycles. The van der Waals surface area contributed by atoms with Gasteiger partial charge in [-0.2, -0.15) is 5.10 Å². The third kappa shape index (κ3) is 3.31. The average molecular weight is 509 g/mol. The molecule has 0 saturated carbocycles. The van der Waals surface area contributed by atoms with Crippen molar-refractivity contribution in [3.63, 3.8) is 0 Å². The number of benzene rings is 4. The van der Waals surface area contributed by atoms with Gasteiger partial charge in [0.15, 0.2) is 0 Å². The predicted octanol–water partition coefficient (Wildman–Crippen LogP) is 8.52. The van der Waals surface area contributed by atoms with Gasteiger partial charge in [-0.25, -0.2) is 9.67 Å². The topological polar surface area (TPSA) is 44.9 Å². The highest BCUT2D eigenvalue weighted by Gasteiger charge is 2.14. The first-order valence-corrected chi connectivity index (χ1v) is 13.2. The summed E-state index contributed by atoms with van der Waals surface area (Å²) in [6.45, 7) is 0. The van der Waals surface area contributed by atoms with Crippen LogP contribution in [0.3, 0.4) is 0 Å². The van der Waals surface area contributed by atoms with Gasteiger partial charge in [-0.1, -0.05) is 48.5 Å². The number of nitrogens with zero attached hydrogens (tertiary/aromatic N) is 4. The van der Waals surface area contributed by atoms with Crippen molar-refractivity contribution in [2.24, 2.45) is 0 Å². The summed E-state index contributed by atoms with van der Waals surface area (Å²) in [4.78, 5) is 5.66. The van der Waals surface area contributed by atoms with E-state index in [0.717, 1.165) is 44.3 Å². The number of aromatic nitrogens is 4. The summed E-state index contributed by atoms with van der Waals surface area (Å²) in [5.74, 6) is 2.40. The highest BCUT2D eigenvalue weighted by molar-refractivity contribution is 7.25. The molecule has 0 fully saturated rings. The van der Waals surface area contributed by atoms with E-state index in [2.05, 4.69) is 76.4 Å². The summed E-state index contributed by atoms with van der Waals surface area (Å²) in [5.41, 5.74) is 3.13. The number of pyridine rings is 1. The second kappa shape index (κ2) is 8.30. The summed E-state index contributed by atoms with van der Waals surface area (Å²) in [6.07, 6.45) is 3.93. The van der Waals surface area contributed by atoms with Gasteiger partial charge < -0.3 is 4.74 Å². The standard InChI is InChI=1S/C32H20N4OS/c1-3-12-28-24(10-1)25-16-15-23(19-29(25)36(28)31-14-5-6-17-33-31)37-22-9-7-8-21(18-22)35-20-27-26-11-2-4-13-30(26)38-32(27)34-35/h1-20H. The fraction of sp³-hybridized carbons (Fsp3) is 0. The van der Waals surface area contributed by atoms with E-state index in [1.54, 1.807) is 11.3 Å². The Kier molecular flexibility index (Phi) is 4.62. The number of fused-ring (bicyclic) bond motifs is 6. The minimum atomic E-state index is 0.756. The van der Waals surface area contributed by atoms with Crippen molar-refractivity contribution in [2.45, 2.75) is 0 Å². The van der Waals surface area contributed by atoms with Gasteiger partial charge in [0, 0.05) is 50.8 Å². The molecule has 180 valence electrons. The molecule has 8 aromatic rings. The molecular weight excluding hydrogens is 488 g/mol. The van der Waals surface area contributed by atoms with E-state index < -0.39 is 0 Å². The van der Waals surface area contributed by atoms with Gasteiger partial charge in [-0.15, -0.1) is 11.3 Å². The Morgan fingerprint density at radius 2 is 1.45 bits per heavy atom. The Balaban J connectivity index is 1.19. The molecule has 0 amide bonds. The first-order chi connectivity index (χ1) is 18.8. The molecule has 0 aliphatic rings. The molecule has 4 heterocycles. The molecule has 0 aliphatic carbocycles. The zero-order valence-corrected chi connectivity index (χ0v) is 21.0. The number of ether oxygens (including phenoxy) is 1. The number of hydrogen-bond acceptors (Lipinski definition) is 4. The van der Waals surface area contributed by atoms with E-state index in [4.69, 9.17) is 9.84 Å². The average Bonchev–Trinajstić information content (AvgIpc) is 3.63. The third-order valence-electron chi connectivity index (χ3n) is 6.91. The second-order valence-corrected chi connectivity index (χ2v) is 10.2. The van der Waals surface area contributed by atoms with Gasteiger partial charge in [0.05, 0.1) is 16.7 Å². The molecular formula is C32H20N4OS. The fourth-order valence-corrected chi connectivity index (χ4v) is 6.25. The van der Waals surface area contributed by atoms with Crippen molar-refractivity contribution in [1.29, 1.82) is 0 Å². The van der Waals surface area contributed by atoms with Crippen molar-refractivity contribution in [2.75, 3.05) is 0 Å². The minimum absolute atomic E-state index is 0.756. The van der Waals surface area contributed by atoms with Crippen LogP contribution in [0.1, 0.15) is 0 Å². The first-order valence-electron chi connectivity index (χ1n) is 12.4. The highest BCUT2D eigenvalue weighted by atomic mass is 32.1. The van der Waals surface area contributed by atoms with Gasteiger partial charge in [-0.05, 0) is 48.5 Å². The van der Waals surface area contributed by atoms with Crippen molar-refractivity contribution in [3.05, 3.63) is 122 Å². The van der Waals surface area contributed by atoms with Gasteiger partial charge in [0.25, 0.3) is 0 Å². The molecule has 8 rings (SSSR count). The maximum absolute atomic E-state index is 6.39. The van der Waals surface area contributed by atoms with Crippen LogP contribution in [0.5, 0.6) is 11.5 Å². The normalized spacial score (nSPS) is 11.7. The van der Waals surface area contributed by atoms with Crippen LogP contribution in [-0.4, -0.2) is 19.3 Å². The number of rotatable bonds is 4. The summed E-state index contributed by atoms with van der Waals surface area (Å²) < 4.78 is 11.8. The van der Waals surface area contributed by atoms with E-state index in [0.29, 0.717) is 0 Å². The van der Waals surface area contributed by atoms with Crippen LogP contribution in [0.2, 0.25) is 0 Å². The van der Waals surface area contributed by atoms with E-state index in [1.807, 2.05) is 59.4 Å². The van der Waals surface area contributed by atoms with E-state index in [1.165, 1.54) is 20.9 Å². The quantitative estimate of drug-likeness (QED) is 0.239. The highest BCUT2D eigenvalue weighted by Crippen LogP contribution is 2.36. The molecule has 6 heteroatoms. The van der Waals surface area contributed by atoms with Crippen LogP contribution >= 0.6 is 11.3 Å². The Labute approximate surface area is 221 Å². The summed E-state index contributed by atoms with van der Waals surface area (Å²) >= 11 is 1.72. The number of hydrogen-bond donors (Lipinski definition) is 0. The first kappa shape index (κ1) is 21.2. The van der Waals surface area contributed by atoms with Crippen molar-refractivity contribution >= 4 is 53.4 Å². The minimum Gasteiger partial charge on any atom is -0.457 e. The second-order valence-electron chi connectivity index (χ2n) is 9.21. The van der Waals surface area contributed by atoms with Gasteiger partial charge in [-0.3, -0.25) is 4.57 Å². The van der Waals surface area contributed by atoms with Crippen LogP contribution in [0.25, 0.3) is 53.6 Å². The van der Waals surface area contributed by atoms with Crippen LogP contribution in [0.4, 0.5) is 0 Å². The zero-order chi connectivity index (χ0) is 25.1. The van der Waals surface area contributed by atoms with E-state index in [9.17, 15) is 0 Å². The fourth-order valence-electron chi connectivity index (χ4n) is 5.21. The van der Waals surface area contributed by atoms with E-state index >= 15 is 0 Å². The van der Waals surface area contributed by atoms with Crippen molar-refractivity contribution < 1.29 is 4.74 Å². The Morgan fingerprint density at radius 3 is 2.37 bits per heavy atom. The number of thiophene rings is 1. The lowest BCUT2D eigenvalue weighted by Gasteiger charge is -2.10. The lowest BCUT2D eigenvalue weighted by molar-refractivity contribution is 0.483. The Hall–Kier alpha value is -4.94. The van der Waals surface area contributed by atoms with Gasteiger partial charge in [0.2, 0.25) is 0 Å². The molecule has 0 saturated heterocycles. The Morgan fingerprint density at radius 1 is 0.632 bits per heavy atom. The molecule has 0 unspecified atom stereocenters. The SMILES string of the molecule is c1ccc(-n2c3ccccc3c3ccc(Oc4cccc(-n5cc6c(n5)sc5ccccc56)c4)cc32)nc1. The van der Waals surface area contributed by atoms with Crippen LogP contribution in [0, 0.1) is 0 Å². The molecule has 5 nitrogen and oxygen atoms in total. The monoisotopic (exact) mass is 508 g/mol. The van der Waals surface area contributed by atoms with Gasteiger partial charge >= 0.3 is 0 Å². The van der Waals surface area contributed by atoms with Gasteiger partial charge in [0.1, 0.15) is 22.1 Å². The summed E-state index contributed by atoms with van der Waals surface area (Å²) in [6, 6.07) is 37.1. The molecule has 0 spiro atoms. The third-order valence-corrected chi connectivity index (χ3v) is 7.98. The largest absolute Gasteiger partial charge is 0.457 e. The molecule has 0 radical (unpaired) electrons. The van der Waals surface area contributed by atoms with E-state index in [-0.39, 0.29) is 0 Å². The lowest BCUT2D eigenvalue weighted by atomic mass is 10.1. The van der Waals surface area contributed by atoms with Crippen molar-refractivity contribution in [3.8, 4) is 23.0 Å². The smallest absolute Gasteiger partial charge is 0.147 e. The molecule has 38 heavy (non-hydrogen) atoms. The Bertz CT molecular complexity index is 2120. The van der Waals surface area contributed by atoms with Crippen LogP contribution in [0.15, 0.2) is 122 Å².